The first-order valence-corrected chi connectivity index (χ1v) is 8.05. The number of carbonyl (C=O) groups excluding carboxylic acids is 1. The zero-order valence-electron chi connectivity index (χ0n) is 9.48. The summed E-state index contributed by atoms with van der Waals surface area (Å²) >= 11 is 6.42. The summed E-state index contributed by atoms with van der Waals surface area (Å²) in [5, 5.41) is 0. The van der Waals surface area contributed by atoms with Crippen LogP contribution in [-0.2, 0) is 14.8 Å². The highest BCUT2D eigenvalue weighted by Crippen LogP contribution is 2.25. The van der Waals surface area contributed by atoms with Gasteiger partial charge in [-0.25, -0.2) is 13.1 Å². The van der Waals surface area contributed by atoms with Crippen molar-refractivity contribution < 1.29 is 13.2 Å². The van der Waals surface area contributed by atoms with Crippen LogP contribution in [0, 0.1) is 0 Å². The van der Waals surface area contributed by atoms with Gasteiger partial charge in [0.15, 0.2) is 0 Å². The number of nitrogens with one attached hydrogen (secondary N) is 1. The maximum Gasteiger partial charge on any atom is 0.241 e. The highest BCUT2D eigenvalue weighted by molar-refractivity contribution is 9.11. The van der Waals surface area contributed by atoms with Gasteiger partial charge in [0, 0.05) is 21.4 Å². The number of carbonyl (C=O) groups is 1. The fourth-order valence-corrected chi connectivity index (χ4v) is 4.35. The third-order valence-electron chi connectivity index (χ3n) is 2.05. The number of hydrogen-bond acceptors (Lipinski definition) is 3. The van der Waals surface area contributed by atoms with Gasteiger partial charge in [-0.3, -0.25) is 4.79 Å². The van der Waals surface area contributed by atoms with Crippen LogP contribution in [0.1, 0.15) is 13.3 Å². The maximum atomic E-state index is 12.0. The molecule has 0 aromatic heterocycles. The zero-order chi connectivity index (χ0) is 13.9. The first-order chi connectivity index (χ1) is 8.22. The van der Waals surface area contributed by atoms with Gasteiger partial charge in [-0.2, -0.15) is 0 Å². The Morgan fingerprint density at radius 2 is 2.06 bits per heavy atom. The van der Waals surface area contributed by atoms with E-state index in [1.165, 1.54) is 6.07 Å². The van der Waals surface area contributed by atoms with Crippen LogP contribution < -0.4 is 10.5 Å². The van der Waals surface area contributed by atoms with E-state index in [0.717, 1.165) is 4.47 Å². The molecule has 0 bridgehead atoms. The van der Waals surface area contributed by atoms with E-state index in [9.17, 15) is 13.2 Å². The van der Waals surface area contributed by atoms with Gasteiger partial charge < -0.3 is 5.73 Å². The molecule has 18 heavy (non-hydrogen) atoms. The van der Waals surface area contributed by atoms with Gasteiger partial charge in [-0.05, 0) is 41.1 Å². The van der Waals surface area contributed by atoms with E-state index < -0.39 is 22.0 Å². The monoisotopic (exact) mass is 398 g/mol. The van der Waals surface area contributed by atoms with Crippen molar-refractivity contribution in [3.8, 4) is 0 Å². The van der Waals surface area contributed by atoms with E-state index in [0.29, 0.717) is 4.47 Å². The third kappa shape index (κ3) is 4.34. The fraction of sp³-hybridized carbons (Fsp3) is 0.300. The molecule has 0 saturated carbocycles. The molecule has 0 aliphatic carbocycles. The molecular formula is C10H12Br2N2O3S. The maximum absolute atomic E-state index is 12.0. The molecule has 0 radical (unpaired) electrons. The standard InChI is InChI=1S/C10H12Br2N2O3S/c1-6(4-10(13)15)14-18(16,17)9-3-2-7(11)5-8(9)12/h2-3,5-6,14H,4H2,1H3,(H2,13,15). The molecule has 0 spiro atoms. The lowest BCUT2D eigenvalue weighted by atomic mass is 10.2. The lowest BCUT2D eigenvalue weighted by Crippen LogP contribution is -2.35. The van der Waals surface area contributed by atoms with Crippen molar-refractivity contribution >= 4 is 47.8 Å². The van der Waals surface area contributed by atoms with Crippen molar-refractivity contribution in [3.05, 3.63) is 27.1 Å². The number of primary amides is 1. The average molecular weight is 400 g/mol. The summed E-state index contributed by atoms with van der Waals surface area (Å²) in [6.07, 6.45) is -0.0482. The van der Waals surface area contributed by atoms with Crippen LogP contribution in [0.4, 0.5) is 0 Å². The van der Waals surface area contributed by atoms with Crippen LogP contribution in [0.5, 0.6) is 0 Å². The number of benzene rings is 1. The number of halogens is 2. The molecule has 0 fully saturated rings. The zero-order valence-corrected chi connectivity index (χ0v) is 13.5. The molecule has 8 heteroatoms. The van der Waals surface area contributed by atoms with Crippen LogP contribution >= 0.6 is 31.9 Å². The van der Waals surface area contributed by atoms with E-state index in [2.05, 4.69) is 36.6 Å². The highest BCUT2D eigenvalue weighted by atomic mass is 79.9. The molecule has 100 valence electrons. The Labute approximate surface area is 122 Å². The lowest BCUT2D eigenvalue weighted by molar-refractivity contribution is -0.118. The summed E-state index contributed by atoms with van der Waals surface area (Å²) in [6.45, 7) is 1.58. The molecule has 1 unspecified atom stereocenters. The topological polar surface area (TPSA) is 89.3 Å². The summed E-state index contributed by atoms with van der Waals surface area (Å²) in [7, 11) is -3.68. The molecule has 1 aromatic rings. The van der Waals surface area contributed by atoms with Crippen molar-refractivity contribution in [2.75, 3.05) is 0 Å². The molecule has 0 aliphatic heterocycles. The number of amides is 1. The van der Waals surface area contributed by atoms with Crippen LogP contribution in [-0.4, -0.2) is 20.4 Å². The van der Waals surface area contributed by atoms with Crippen molar-refractivity contribution in [2.24, 2.45) is 5.73 Å². The lowest BCUT2D eigenvalue weighted by Gasteiger charge is -2.13. The summed E-state index contributed by atoms with van der Waals surface area (Å²) in [6, 6.07) is 4.17. The Balaban J connectivity index is 2.96. The molecule has 3 N–H and O–H groups in total. The van der Waals surface area contributed by atoms with E-state index in [-0.39, 0.29) is 11.3 Å². The minimum atomic E-state index is -3.68. The average Bonchev–Trinajstić information content (AvgIpc) is 2.13. The van der Waals surface area contributed by atoms with Gasteiger partial charge >= 0.3 is 0 Å². The van der Waals surface area contributed by atoms with Crippen molar-refractivity contribution in [1.29, 1.82) is 0 Å². The largest absolute Gasteiger partial charge is 0.370 e. The normalized spacial score (nSPS) is 13.3. The highest BCUT2D eigenvalue weighted by Gasteiger charge is 2.21. The number of rotatable bonds is 5. The smallest absolute Gasteiger partial charge is 0.241 e. The number of hydrogen-bond donors (Lipinski definition) is 2. The Morgan fingerprint density at radius 1 is 1.44 bits per heavy atom. The van der Waals surface area contributed by atoms with Crippen molar-refractivity contribution in [1.82, 2.24) is 4.72 Å². The molecule has 0 saturated heterocycles. The summed E-state index contributed by atoms with van der Waals surface area (Å²) in [4.78, 5) is 10.8. The molecule has 0 aliphatic rings. The number of nitrogens with two attached hydrogens (primary N) is 1. The molecule has 1 rings (SSSR count). The Hall–Kier alpha value is -0.440. The van der Waals surface area contributed by atoms with Gasteiger partial charge in [0.2, 0.25) is 15.9 Å². The second-order valence-corrected chi connectivity index (χ2v) is 7.22. The predicted octanol–water partition coefficient (Wildman–Crippen LogP) is 1.75. The fourth-order valence-electron chi connectivity index (χ4n) is 1.36. The predicted molar refractivity (Wildman–Crippen MR) is 75.4 cm³/mol. The molecule has 0 heterocycles. The second kappa shape index (κ2) is 6.14. The van der Waals surface area contributed by atoms with Gasteiger partial charge in [0.05, 0.1) is 4.90 Å². The van der Waals surface area contributed by atoms with Crippen molar-refractivity contribution in [2.45, 2.75) is 24.3 Å². The molecular weight excluding hydrogens is 388 g/mol. The van der Waals surface area contributed by atoms with E-state index in [1.807, 2.05) is 0 Å². The molecule has 1 aromatic carbocycles. The second-order valence-electron chi connectivity index (χ2n) is 3.77. The minimum Gasteiger partial charge on any atom is -0.370 e. The van der Waals surface area contributed by atoms with E-state index in [4.69, 9.17) is 5.73 Å². The van der Waals surface area contributed by atoms with Crippen LogP contribution in [0.2, 0.25) is 0 Å². The summed E-state index contributed by atoms with van der Waals surface area (Å²) in [5.74, 6) is -0.555. The van der Waals surface area contributed by atoms with Crippen molar-refractivity contribution in [3.63, 3.8) is 0 Å². The first-order valence-electron chi connectivity index (χ1n) is 4.98. The Morgan fingerprint density at radius 3 is 2.56 bits per heavy atom. The van der Waals surface area contributed by atoms with Crippen LogP contribution in [0.3, 0.4) is 0 Å². The SMILES string of the molecule is CC(CC(N)=O)NS(=O)(=O)c1ccc(Br)cc1Br. The molecule has 1 atom stereocenters. The minimum absolute atomic E-state index is 0.0482. The summed E-state index contributed by atoms with van der Waals surface area (Å²) < 4.78 is 27.7. The quantitative estimate of drug-likeness (QED) is 0.790. The van der Waals surface area contributed by atoms with E-state index in [1.54, 1.807) is 19.1 Å². The first kappa shape index (κ1) is 15.6. The van der Waals surface area contributed by atoms with Crippen LogP contribution in [0.15, 0.2) is 32.0 Å². The third-order valence-corrected chi connectivity index (χ3v) is 5.11. The van der Waals surface area contributed by atoms with Gasteiger partial charge in [-0.15, -0.1) is 0 Å². The van der Waals surface area contributed by atoms with Gasteiger partial charge in [0.25, 0.3) is 0 Å². The van der Waals surface area contributed by atoms with Gasteiger partial charge in [0.1, 0.15) is 0 Å². The summed E-state index contributed by atoms with van der Waals surface area (Å²) in [5.41, 5.74) is 5.01. The molecule has 1 amide bonds. The van der Waals surface area contributed by atoms with Crippen LogP contribution in [0.25, 0.3) is 0 Å². The molecule has 5 nitrogen and oxygen atoms in total. The Kier molecular flexibility index (Phi) is 5.32. The van der Waals surface area contributed by atoms with E-state index >= 15 is 0 Å². The number of sulfonamides is 1. The Bertz CT molecular complexity index is 560. The van der Waals surface area contributed by atoms with Gasteiger partial charge in [-0.1, -0.05) is 15.9 Å².